The third-order valence-electron chi connectivity index (χ3n) is 2.24. The Morgan fingerprint density at radius 1 is 1.37 bits per heavy atom. The summed E-state index contributed by atoms with van der Waals surface area (Å²) in [7, 11) is 0. The van der Waals surface area contributed by atoms with Gasteiger partial charge in [0.2, 0.25) is 5.91 Å². The summed E-state index contributed by atoms with van der Waals surface area (Å²) < 4.78 is 4.80. The van der Waals surface area contributed by atoms with Crippen molar-refractivity contribution >= 4 is 40.9 Å². The number of hydrogen-bond acceptors (Lipinski definition) is 4. The highest BCUT2D eigenvalue weighted by Gasteiger charge is 2.15. The van der Waals surface area contributed by atoms with E-state index in [0.717, 1.165) is 0 Å². The number of amides is 1. The molecule has 104 valence electrons. The summed E-state index contributed by atoms with van der Waals surface area (Å²) in [5.74, 6) is -0.293. The smallest absolute Gasteiger partial charge is 0.315 e. The van der Waals surface area contributed by atoms with Crippen LogP contribution in [0.5, 0.6) is 0 Å². The molecule has 1 aromatic carbocycles. The molecule has 0 saturated carbocycles. The molecule has 0 aliphatic rings. The van der Waals surface area contributed by atoms with Crippen molar-refractivity contribution in [2.75, 3.05) is 17.7 Å². The Morgan fingerprint density at radius 3 is 2.58 bits per heavy atom. The molecule has 0 unspecified atom stereocenters. The summed E-state index contributed by atoms with van der Waals surface area (Å²) in [6.45, 7) is 3.85. The number of halogens is 1. The fourth-order valence-corrected chi connectivity index (χ4v) is 2.05. The maximum Gasteiger partial charge on any atom is 0.315 e. The lowest BCUT2D eigenvalue weighted by Crippen LogP contribution is -2.24. The summed E-state index contributed by atoms with van der Waals surface area (Å²) in [5.41, 5.74) is 0.679. The van der Waals surface area contributed by atoms with Crippen LogP contribution >= 0.6 is 23.4 Å². The first kappa shape index (κ1) is 15.9. The van der Waals surface area contributed by atoms with Gasteiger partial charge in [0, 0.05) is 10.7 Å². The lowest BCUT2D eigenvalue weighted by atomic mass is 10.3. The van der Waals surface area contributed by atoms with E-state index in [0.29, 0.717) is 17.3 Å². The van der Waals surface area contributed by atoms with Crippen LogP contribution in [0.4, 0.5) is 5.69 Å². The zero-order valence-corrected chi connectivity index (χ0v) is 12.4. The number of carbonyl (C=O) groups is 2. The maximum atomic E-state index is 11.9. The van der Waals surface area contributed by atoms with Crippen LogP contribution in [0.3, 0.4) is 0 Å². The predicted molar refractivity (Wildman–Crippen MR) is 78.6 cm³/mol. The number of hydrogen-bond donors (Lipinski definition) is 1. The van der Waals surface area contributed by atoms with Crippen molar-refractivity contribution < 1.29 is 14.3 Å². The van der Waals surface area contributed by atoms with E-state index < -0.39 is 0 Å². The number of carbonyl (C=O) groups excluding carboxylic acids is 2. The van der Waals surface area contributed by atoms with Crippen LogP contribution in [0.15, 0.2) is 24.3 Å². The second-order valence-electron chi connectivity index (χ2n) is 3.75. The molecule has 1 atom stereocenters. The third-order valence-corrected chi connectivity index (χ3v) is 3.61. The quantitative estimate of drug-likeness (QED) is 0.821. The van der Waals surface area contributed by atoms with Gasteiger partial charge in [0.15, 0.2) is 0 Å². The second kappa shape index (κ2) is 8.07. The van der Waals surface area contributed by atoms with E-state index >= 15 is 0 Å². The number of esters is 1. The standard InChI is InChI=1S/C13H16ClNO3S/c1-3-18-12(16)8-19-9(2)13(17)15-11-6-4-10(14)5-7-11/h4-7,9H,3,8H2,1-2H3,(H,15,17)/t9-/m1/s1. The van der Waals surface area contributed by atoms with Crippen LogP contribution in [0, 0.1) is 0 Å². The van der Waals surface area contributed by atoms with Crippen molar-refractivity contribution in [3.63, 3.8) is 0 Å². The fraction of sp³-hybridized carbons (Fsp3) is 0.385. The van der Waals surface area contributed by atoms with Crippen molar-refractivity contribution in [1.82, 2.24) is 0 Å². The molecule has 19 heavy (non-hydrogen) atoms. The first-order valence-corrected chi connectivity index (χ1v) is 7.29. The zero-order valence-electron chi connectivity index (χ0n) is 10.8. The molecule has 1 rings (SSSR count). The molecular formula is C13H16ClNO3S. The molecule has 1 aromatic rings. The Labute approximate surface area is 121 Å². The van der Waals surface area contributed by atoms with Gasteiger partial charge in [-0.15, -0.1) is 11.8 Å². The van der Waals surface area contributed by atoms with Gasteiger partial charge >= 0.3 is 5.97 Å². The number of anilines is 1. The van der Waals surface area contributed by atoms with Crippen LogP contribution in [0.2, 0.25) is 5.02 Å². The summed E-state index contributed by atoms with van der Waals surface area (Å²) in [5, 5.41) is 3.03. The van der Waals surface area contributed by atoms with Crippen molar-refractivity contribution in [2.24, 2.45) is 0 Å². The van der Waals surface area contributed by atoms with Gasteiger partial charge in [-0.3, -0.25) is 9.59 Å². The fourth-order valence-electron chi connectivity index (χ4n) is 1.25. The Morgan fingerprint density at radius 2 is 2.00 bits per heavy atom. The molecule has 4 nitrogen and oxygen atoms in total. The van der Waals surface area contributed by atoms with Crippen LogP contribution in [0.1, 0.15) is 13.8 Å². The minimum Gasteiger partial charge on any atom is -0.465 e. The summed E-state index contributed by atoms with van der Waals surface area (Å²) in [6.07, 6.45) is 0. The van der Waals surface area contributed by atoms with Crippen LogP contribution in [-0.4, -0.2) is 29.5 Å². The minimum atomic E-state index is -0.333. The zero-order chi connectivity index (χ0) is 14.3. The Kier molecular flexibility index (Phi) is 6.73. The highest BCUT2D eigenvalue weighted by molar-refractivity contribution is 8.01. The Bertz CT molecular complexity index is 436. The molecule has 6 heteroatoms. The Balaban J connectivity index is 2.40. The lowest BCUT2D eigenvalue weighted by Gasteiger charge is -2.11. The first-order chi connectivity index (χ1) is 9.02. The van der Waals surface area contributed by atoms with Gasteiger partial charge in [-0.1, -0.05) is 11.6 Å². The number of benzene rings is 1. The van der Waals surface area contributed by atoms with Crippen LogP contribution in [0.25, 0.3) is 0 Å². The molecule has 0 aliphatic carbocycles. The number of rotatable bonds is 6. The molecule has 0 heterocycles. The van der Waals surface area contributed by atoms with Crippen molar-refractivity contribution in [1.29, 1.82) is 0 Å². The van der Waals surface area contributed by atoms with E-state index in [1.807, 2.05) is 0 Å². The van der Waals surface area contributed by atoms with Crippen molar-refractivity contribution in [2.45, 2.75) is 19.1 Å². The van der Waals surface area contributed by atoms with Gasteiger partial charge in [0.05, 0.1) is 17.6 Å². The highest BCUT2D eigenvalue weighted by atomic mass is 35.5. The number of ether oxygens (including phenoxy) is 1. The summed E-state index contributed by atoms with van der Waals surface area (Å²) >= 11 is 7.00. The van der Waals surface area contributed by atoms with E-state index in [9.17, 15) is 9.59 Å². The van der Waals surface area contributed by atoms with E-state index in [2.05, 4.69) is 5.32 Å². The Hall–Kier alpha value is -1.20. The van der Waals surface area contributed by atoms with Crippen molar-refractivity contribution in [3.8, 4) is 0 Å². The third kappa shape index (κ3) is 5.98. The van der Waals surface area contributed by atoms with Gasteiger partial charge < -0.3 is 10.1 Å². The molecule has 0 fully saturated rings. The molecule has 0 aliphatic heterocycles. The van der Waals surface area contributed by atoms with E-state index in [4.69, 9.17) is 16.3 Å². The van der Waals surface area contributed by atoms with E-state index in [1.54, 1.807) is 38.1 Å². The largest absolute Gasteiger partial charge is 0.465 e. The normalized spacial score (nSPS) is 11.7. The van der Waals surface area contributed by atoms with Gasteiger partial charge in [-0.25, -0.2) is 0 Å². The summed E-state index contributed by atoms with van der Waals surface area (Å²) in [6, 6.07) is 6.85. The molecule has 0 saturated heterocycles. The average molecular weight is 302 g/mol. The molecule has 1 amide bonds. The molecule has 0 spiro atoms. The topological polar surface area (TPSA) is 55.4 Å². The van der Waals surface area contributed by atoms with Gasteiger partial charge in [0.25, 0.3) is 0 Å². The maximum absolute atomic E-state index is 11.9. The van der Waals surface area contributed by atoms with E-state index in [-0.39, 0.29) is 22.9 Å². The SMILES string of the molecule is CCOC(=O)CS[C@H](C)C(=O)Nc1ccc(Cl)cc1. The molecule has 0 aromatic heterocycles. The second-order valence-corrected chi connectivity index (χ2v) is 5.52. The van der Waals surface area contributed by atoms with Gasteiger partial charge in [0.1, 0.15) is 0 Å². The molecule has 0 radical (unpaired) electrons. The van der Waals surface area contributed by atoms with Crippen LogP contribution in [-0.2, 0) is 14.3 Å². The molecule has 1 N–H and O–H groups in total. The van der Waals surface area contributed by atoms with Gasteiger partial charge in [-0.05, 0) is 38.1 Å². The van der Waals surface area contributed by atoms with Crippen LogP contribution < -0.4 is 5.32 Å². The lowest BCUT2D eigenvalue weighted by molar-refractivity contribution is -0.139. The monoisotopic (exact) mass is 301 g/mol. The minimum absolute atomic E-state index is 0.156. The predicted octanol–water partition coefficient (Wildman–Crippen LogP) is 2.96. The molecular weight excluding hydrogens is 286 g/mol. The average Bonchev–Trinajstić information content (AvgIpc) is 2.39. The van der Waals surface area contributed by atoms with Gasteiger partial charge in [-0.2, -0.15) is 0 Å². The number of thioether (sulfide) groups is 1. The highest BCUT2D eigenvalue weighted by Crippen LogP contribution is 2.16. The summed E-state index contributed by atoms with van der Waals surface area (Å²) in [4.78, 5) is 23.0. The van der Waals surface area contributed by atoms with Crippen molar-refractivity contribution in [3.05, 3.63) is 29.3 Å². The molecule has 0 bridgehead atoms. The first-order valence-electron chi connectivity index (χ1n) is 5.86. The van der Waals surface area contributed by atoms with E-state index in [1.165, 1.54) is 11.8 Å². The number of nitrogens with one attached hydrogen (secondary N) is 1.